The highest BCUT2D eigenvalue weighted by atomic mass is 16.2. The highest BCUT2D eigenvalue weighted by Crippen LogP contribution is 2.28. The fourth-order valence-electron chi connectivity index (χ4n) is 3.15. The third kappa shape index (κ3) is 2.33. The van der Waals surface area contributed by atoms with Crippen LogP contribution in [-0.2, 0) is 18.4 Å². The number of carbonyl (C=O) groups is 1. The molecule has 6 nitrogen and oxygen atoms in total. The van der Waals surface area contributed by atoms with Crippen molar-refractivity contribution in [3.63, 3.8) is 0 Å². The molecule has 1 aliphatic rings. The first-order valence-electron chi connectivity index (χ1n) is 7.57. The molecular formula is C16H22N4O2. The summed E-state index contributed by atoms with van der Waals surface area (Å²) in [7, 11) is 1.73. The second-order valence-electron chi connectivity index (χ2n) is 6.50. The Morgan fingerprint density at radius 1 is 1.32 bits per heavy atom. The van der Waals surface area contributed by atoms with Crippen molar-refractivity contribution in [2.45, 2.75) is 19.9 Å². The first-order chi connectivity index (χ1) is 10.4. The van der Waals surface area contributed by atoms with Gasteiger partial charge >= 0.3 is 5.69 Å². The Morgan fingerprint density at radius 2 is 2.00 bits per heavy atom. The Kier molecular flexibility index (Phi) is 3.56. The maximum atomic E-state index is 12.5. The van der Waals surface area contributed by atoms with Crippen LogP contribution in [0, 0.1) is 5.41 Å². The summed E-state index contributed by atoms with van der Waals surface area (Å²) >= 11 is 0. The predicted molar refractivity (Wildman–Crippen MR) is 85.5 cm³/mol. The van der Waals surface area contributed by atoms with Gasteiger partial charge in [0.05, 0.1) is 11.0 Å². The van der Waals surface area contributed by atoms with Crippen molar-refractivity contribution in [1.29, 1.82) is 0 Å². The van der Waals surface area contributed by atoms with Crippen molar-refractivity contribution < 1.29 is 4.79 Å². The van der Waals surface area contributed by atoms with Gasteiger partial charge in [-0.2, -0.15) is 0 Å². The van der Waals surface area contributed by atoms with E-state index in [1.165, 1.54) is 0 Å². The van der Waals surface area contributed by atoms with E-state index >= 15 is 0 Å². The molecule has 1 amide bonds. The molecule has 2 aromatic rings. The number of benzene rings is 1. The van der Waals surface area contributed by atoms with Gasteiger partial charge in [-0.1, -0.05) is 19.1 Å². The number of aryl methyl sites for hydroxylation is 1. The first-order valence-corrected chi connectivity index (χ1v) is 7.57. The van der Waals surface area contributed by atoms with Crippen LogP contribution in [0.2, 0.25) is 0 Å². The topological polar surface area (TPSA) is 73.3 Å². The second kappa shape index (κ2) is 5.28. The van der Waals surface area contributed by atoms with Gasteiger partial charge < -0.3 is 10.6 Å². The van der Waals surface area contributed by atoms with Crippen LogP contribution >= 0.6 is 0 Å². The number of fused-ring (bicyclic) bond motifs is 1. The van der Waals surface area contributed by atoms with Crippen molar-refractivity contribution in [3.05, 3.63) is 34.7 Å². The minimum absolute atomic E-state index is 0.000618. The summed E-state index contributed by atoms with van der Waals surface area (Å²) in [6, 6.07) is 7.53. The Morgan fingerprint density at radius 3 is 2.64 bits per heavy atom. The molecule has 2 N–H and O–H groups in total. The summed E-state index contributed by atoms with van der Waals surface area (Å²) in [6.45, 7) is 4.14. The summed E-state index contributed by atoms with van der Waals surface area (Å²) in [6.07, 6.45) is 0.916. The number of nitrogens with zero attached hydrogens (tertiary/aromatic N) is 3. The van der Waals surface area contributed by atoms with Crippen molar-refractivity contribution in [2.24, 2.45) is 18.2 Å². The molecule has 2 heterocycles. The number of hydrogen-bond donors (Lipinski definition) is 1. The fraction of sp³-hybridized carbons (Fsp3) is 0.500. The van der Waals surface area contributed by atoms with Crippen LogP contribution in [0.25, 0.3) is 11.0 Å². The number of likely N-dealkylation sites (tertiary alicyclic amines) is 1. The molecule has 1 aliphatic heterocycles. The molecule has 0 bridgehead atoms. The van der Waals surface area contributed by atoms with E-state index in [-0.39, 0.29) is 23.6 Å². The molecule has 0 aliphatic carbocycles. The summed E-state index contributed by atoms with van der Waals surface area (Å²) in [4.78, 5) is 26.7. The fourth-order valence-corrected chi connectivity index (χ4v) is 3.15. The standard InChI is InChI=1S/C16H22N4O2/c1-16(10-17)7-8-19(11-16)14(21)9-20-13-6-4-3-5-12(13)18(2)15(20)22/h3-6H,7-11,17H2,1-2H3. The molecule has 0 saturated carbocycles. The van der Waals surface area contributed by atoms with E-state index in [4.69, 9.17) is 5.73 Å². The molecule has 0 radical (unpaired) electrons. The number of amides is 1. The maximum Gasteiger partial charge on any atom is 0.329 e. The van der Waals surface area contributed by atoms with E-state index in [9.17, 15) is 9.59 Å². The van der Waals surface area contributed by atoms with Gasteiger partial charge in [0.1, 0.15) is 6.54 Å². The molecule has 3 rings (SSSR count). The zero-order chi connectivity index (χ0) is 15.9. The van der Waals surface area contributed by atoms with E-state index in [1.807, 2.05) is 29.2 Å². The highest BCUT2D eigenvalue weighted by Gasteiger charge is 2.35. The number of rotatable bonds is 3. The zero-order valence-corrected chi connectivity index (χ0v) is 13.1. The van der Waals surface area contributed by atoms with E-state index in [0.29, 0.717) is 19.6 Å². The SMILES string of the molecule is Cn1c(=O)n(CC(=O)N2CCC(C)(CN)C2)c2ccccc21. The average molecular weight is 302 g/mol. The largest absolute Gasteiger partial charge is 0.341 e. The van der Waals surface area contributed by atoms with E-state index < -0.39 is 0 Å². The van der Waals surface area contributed by atoms with Crippen molar-refractivity contribution in [2.75, 3.05) is 19.6 Å². The molecule has 1 saturated heterocycles. The lowest BCUT2D eigenvalue weighted by Gasteiger charge is -2.22. The van der Waals surface area contributed by atoms with Gasteiger partial charge in [0.25, 0.3) is 0 Å². The second-order valence-corrected chi connectivity index (χ2v) is 6.50. The number of aromatic nitrogens is 2. The summed E-state index contributed by atoms with van der Waals surface area (Å²) < 4.78 is 3.13. The van der Waals surface area contributed by atoms with Gasteiger partial charge in [0.2, 0.25) is 5.91 Å². The van der Waals surface area contributed by atoms with Crippen LogP contribution in [0.3, 0.4) is 0 Å². The van der Waals surface area contributed by atoms with Gasteiger partial charge in [0, 0.05) is 20.1 Å². The molecule has 0 spiro atoms. The van der Waals surface area contributed by atoms with E-state index in [1.54, 1.807) is 16.2 Å². The van der Waals surface area contributed by atoms with Gasteiger partial charge in [-0.3, -0.25) is 13.9 Å². The molecule has 22 heavy (non-hydrogen) atoms. The van der Waals surface area contributed by atoms with Crippen LogP contribution in [0.15, 0.2) is 29.1 Å². The van der Waals surface area contributed by atoms with Crippen LogP contribution in [0.4, 0.5) is 0 Å². The monoisotopic (exact) mass is 302 g/mol. The molecule has 6 heteroatoms. The Bertz CT molecular complexity index is 776. The average Bonchev–Trinajstić information content (AvgIpc) is 3.03. The third-order valence-electron chi connectivity index (χ3n) is 4.75. The molecule has 118 valence electrons. The quantitative estimate of drug-likeness (QED) is 0.899. The minimum Gasteiger partial charge on any atom is -0.341 e. The van der Waals surface area contributed by atoms with Gasteiger partial charge in [-0.15, -0.1) is 0 Å². The number of nitrogens with two attached hydrogens (primary N) is 1. The summed E-state index contributed by atoms with van der Waals surface area (Å²) in [5, 5.41) is 0. The lowest BCUT2D eigenvalue weighted by atomic mass is 9.90. The van der Waals surface area contributed by atoms with E-state index in [2.05, 4.69) is 6.92 Å². The zero-order valence-electron chi connectivity index (χ0n) is 13.1. The first kappa shape index (κ1) is 14.8. The highest BCUT2D eigenvalue weighted by molar-refractivity contribution is 5.81. The number of para-hydroxylation sites is 2. The van der Waals surface area contributed by atoms with Crippen LogP contribution in [0.5, 0.6) is 0 Å². The Hall–Kier alpha value is -2.08. The maximum absolute atomic E-state index is 12.5. The lowest BCUT2D eigenvalue weighted by molar-refractivity contribution is -0.131. The molecule has 1 unspecified atom stereocenters. The van der Waals surface area contributed by atoms with Crippen molar-refractivity contribution >= 4 is 16.9 Å². The number of imidazole rings is 1. The Balaban J connectivity index is 1.87. The molecule has 1 atom stereocenters. The molecule has 1 aromatic heterocycles. The normalized spacial score (nSPS) is 21.7. The summed E-state index contributed by atoms with van der Waals surface area (Å²) in [5.41, 5.74) is 7.27. The number of carbonyl (C=O) groups excluding carboxylic acids is 1. The van der Waals surface area contributed by atoms with Gasteiger partial charge in [-0.05, 0) is 30.5 Å². The van der Waals surface area contributed by atoms with Crippen LogP contribution in [0.1, 0.15) is 13.3 Å². The van der Waals surface area contributed by atoms with Gasteiger partial charge in [-0.25, -0.2) is 4.79 Å². The lowest BCUT2D eigenvalue weighted by Crippen LogP contribution is -2.38. The van der Waals surface area contributed by atoms with Crippen LogP contribution < -0.4 is 11.4 Å². The van der Waals surface area contributed by atoms with Crippen molar-refractivity contribution in [1.82, 2.24) is 14.0 Å². The molecular weight excluding hydrogens is 280 g/mol. The predicted octanol–water partition coefficient (Wildman–Crippen LogP) is 0.537. The van der Waals surface area contributed by atoms with Crippen molar-refractivity contribution in [3.8, 4) is 0 Å². The Labute approximate surface area is 129 Å². The van der Waals surface area contributed by atoms with Gasteiger partial charge in [0.15, 0.2) is 0 Å². The third-order valence-corrected chi connectivity index (χ3v) is 4.75. The number of hydrogen-bond acceptors (Lipinski definition) is 3. The van der Waals surface area contributed by atoms with Crippen LogP contribution in [-0.4, -0.2) is 39.6 Å². The smallest absolute Gasteiger partial charge is 0.329 e. The molecule has 1 fully saturated rings. The minimum atomic E-state index is -0.157. The summed E-state index contributed by atoms with van der Waals surface area (Å²) in [5.74, 6) is -0.0179. The van der Waals surface area contributed by atoms with E-state index in [0.717, 1.165) is 17.5 Å². The molecule has 1 aromatic carbocycles.